The molecule has 0 aliphatic rings. The topological polar surface area (TPSA) is 97.1 Å². The lowest BCUT2D eigenvalue weighted by atomic mass is 10.1. The number of aryl methyl sites for hydroxylation is 1. The van der Waals surface area contributed by atoms with Crippen molar-refractivity contribution in [1.29, 1.82) is 0 Å². The second kappa shape index (κ2) is 7.85. The molecule has 142 valence electrons. The fraction of sp³-hybridized carbons (Fsp3) is 0.467. The molecular weight excluding hydrogens is 373 g/mol. The van der Waals surface area contributed by atoms with E-state index in [2.05, 4.69) is 15.4 Å². The lowest BCUT2D eigenvalue weighted by Crippen LogP contribution is -2.27. The predicted molar refractivity (Wildman–Crippen MR) is 87.2 cm³/mol. The Hall–Kier alpha value is -2.43. The van der Waals surface area contributed by atoms with Crippen LogP contribution in [0.1, 0.15) is 32.4 Å². The number of hydrogen-bond donors (Lipinski definition) is 2. The fourth-order valence-corrected chi connectivity index (χ4v) is 3.14. The Balaban J connectivity index is 1.90. The van der Waals surface area contributed by atoms with Crippen molar-refractivity contribution in [2.45, 2.75) is 39.4 Å². The number of carbonyl (C=O) groups is 2. The van der Waals surface area contributed by atoms with E-state index in [-0.39, 0.29) is 24.6 Å². The minimum atomic E-state index is -4.38. The Morgan fingerprint density at radius 1 is 1.35 bits per heavy atom. The highest BCUT2D eigenvalue weighted by Crippen LogP contribution is 2.21. The van der Waals surface area contributed by atoms with Crippen molar-refractivity contribution < 1.29 is 27.9 Å². The normalized spacial score (nSPS) is 11.6. The molecule has 0 saturated carbocycles. The molecule has 0 fully saturated rings. The van der Waals surface area contributed by atoms with E-state index in [0.29, 0.717) is 28.4 Å². The summed E-state index contributed by atoms with van der Waals surface area (Å²) in [5.74, 6) is -1.46. The number of carboxylic acids is 1. The zero-order valence-electron chi connectivity index (χ0n) is 14.1. The second-order valence-corrected chi connectivity index (χ2v) is 6.57. The van der Waals surface area contributed by atoms with Crippen LogP contribution < -0.4 is 5.32 Å². The number of carboxylic acid groups (broad SMARTS) is 1. The van der Waals surface area contributed by atoms with Gasteiger partial charge in [-0.15, -0.1) is 11.3 Å². The van der Waals surface area contributed by atoms with Crippen LogP contribution in [-0.2, 0) is 24.2 Å². The van der Waals surface area contributed by atoms with Crippen molar-refractivity contribution in [2.24, 2.45) is 0 Å². The van der Waals surface area contributed by atoms with E-state index in [9.17, 15) is 22.8 Å². The van der Waals surface area contributed by atoms with E-state index in [1.165, 1.54) is 23.6 Å². The lowest BCUT2D eigenvalue weighted by molar-refractivity contribution is -0.143. The zero-order valence-corrected chi connectivity index (χ0v) is 14.9. The Labute approximate surface area is 150 Å². The summed E-state index contributed by atoms with van der Waals surface area (Å²) in [4.78, 5) is 26.7. The molecule has 0 aliphatic heterocycles. The first-order valence-electron chi connectivity index (χ1n) is 7.61. The quantitative estimate of drug-likeness (QED) is 0.755. The molecule has 2 aromatic heterocycles. The maximum Gasteiger partial charge on any atom is 0.408 e. The van der Waals surface area contributed by atoms with Crippen molar-refractivity contribution in [1.82, 2.24) is 20.1 Å². The van der Waals surface area contributed by atoms with Crippen LogP contribution in [0.15, 0.2) is 5.38 Å². The number of rotatable bonds is 7. The molecule has 0 atom stereocenters. The van der Waals surface area contributed by atoms with Gasteiger partial charge in [0.05, 0.1) is 17.1 Å². The third-order valence-electron chi connectivity index (χ3n) is 3.63. The molecule has 0 spiro atoms. The minimum absolute atomic E-state index is 0.0420. The van der Waals surface area contributed by atoms with Gasteiger partial charge in [0, 0.05) is 29.6 Å². The molecule has 2 aromatic rings. The molecule has 2 N–H and O–H groups in total. The first-order valence-corrected chi connectivity index (χ1v) is 8.49. The zero-order chi connectivity index (χ0) is 19.5. The van der Waals surface area contributed by atoms with E-state index < -0.39 is 18.7 Å². The lowest BCUT2D eigenvalue weighted by Gasteiger charge is -2.09. The summed E-state index contributed by atoms with van der Waals surface area (Å²) in [5, 5.41) is 17.3. The summed E-state index contributed by atoms with van der Waals surface area (Å²) in [6, 6.07) is 0. The van der Waals surface area contributed by atoms with Crippen LogP contribution in [0.25, 0.3) is 0 Å². The number of thiazole rings is 1. The van der Waals surface area contributed by atoms with Crippen LogP contribution in [0.3, 0.4) is 0 Å². The standard InChI is InChI=1S/C15H17F3N4O3S/c1-8-10(9(2)22(21-8)7-15(16,17)18)5-12(23)19-4-3-13-20-11(6-26-13)14(24)25/h6H,3-5,7H2,1-2H3,(H,19,23)(H,24,25). The number of carbonyl (C=O) groups excluding carboxylic acids is 1. The van der Waals surface area contributed by atoms with Crippen LogP contribution in [0.5, 0.6) is 0 Å². The summed E-state index contributed by atoms with van der Waals surface area (Å²) < 4.78 is 38.4. The molecule has 26 heavy (non-hydrogen) atoms. The van der Waals surface area contributed by atoms with Crippen molar-refractivity contribution >= 4 is 23.2 Å². The molecule has 0 aromatic carbocycles. The minimum Gasteiger partial charge on any atom is -0.476 e. The molecule has 0 bridgehead atoms. The number of alkyl halides is 3. The molecule has 11 heteroatoms. The van der Waals surface area contributed by atoms with Crippen molar-refractivity contribution in [2.75, 3.05) is 6.54 Å². The van der Waals surface area contributed by atoms with E-state index in [1.54, 1.807) is 6.92 Å². The number of nitrogens with zero attached hydrogens (tertiary/aromatic N) is 3. The predicted octanol–water partition coefficient (Wildman–Crippen LogP) is 2.12. The van der Waals surface area contributed by atoms with Crippen LogP contribution in [0.4, 0.5) is 13.2 Å². The average Bonchev–Trinajstić information content (AvgIpc) is 3.07. The summed E-state index contributed by atoms with van der Waals surface area (Å²) in [7, 11) is 0. The van der Waals surface area contributed by atoms with E-state index in [0.717, 1.165) is 4.68 Å². The summed E-state index contributed by atoms with van der Waals surface area (Å²) in [6.07, 6.45) is -4.09. The van der Waals surface area contributed by atoms with Gasteiger partial charge in [0.15, 0.2) is 5.69 Å². The maximum absolute atomic E-state index is 12.5. The molecule has 2 rings (SSSR count). The molecule has 0 aliphatic carbocycles. The van der Waals surface area contributed by atoms with Crippen LogP contribution in [-0.4, -0.2) is 44.5 Å². The summed E-state index contributed by atoms with van der Waals surface area (Å²) in [5.41, 5.74) is 1.11. The highest BCUT2D eigenvalue weighted by molar-refractivity contribution is 7.09. The number of amides is 1. The van der Waals surface area contributed by atoms with Crippen LogP contribution in [0, 0.1) is 13.8 Å². The second-order valence-electron chi connectivity index (χ2n) is 5.63. The maximum atomic E-state index is 12.5. The monoisotopic (exact) mass is 390 g/mol. The first-order chi connectivity index (χ1) is 12.1. The highest BCUT2D eigenvalue weighted by atomic mass is 32.1. The smallest absolute Gasteiger partial charge is 0.408 e. The number of aromatic carboxylic acids is 1. The number of halogens is 3. The Bertz CT molecular complexity index is 814. The van der Waals surface area contributed by atoms with Crippen molar-refractivity contribution in [3.63, 3.8) is 0 Å². The molecule has 0 unspecified atom stereocenters. The molecular formula is C15H17F3N4O3S. The van der Waals surface area contributed by atoms with Crippen LogP contribution >= 0.6 is 11.3 Å². The molecule has 7 nitrogen and oxygen atoms in total. The van der Waals surface area contributed by atoms with Gasteiger partial charge in [-0.25, -0.2) is 9.78 Å². The fourth-order valence-electron chi connectivity index (χ4n) is 2.37. The number of hydrogen-bond acceptors (Lipinski definition) is 5. The Kier molecular flexibility index (Phi) is 6.01. The summed E-state index contributed by atoms with van der Waals surface area (Å²) >= 11 is 1.18. The van der Waals surface area contributed by atoms with Gasteiger partial charge >= 0.3 is 12.1 Å². The number of aromatic nitrogens is 3. The third kappa shape index (κ3) is 5.28. The van der Waals surface area contributed by atoms with Crippen LogP contribution in [0.2, 0.25) is 0 Å². The Morgan fingerprint density at radius 3 is 2.62 bits per heavy atom. The first kappa shape index (κ1) is 19.9. The van der Waals surface area contributed by atoms with Gasteiger partial charge in [-0.05, 0) is 13.8 Å². The van der Waals surface area contributed by atoms with E-state index in [4.69, 9.17) is 5.11 Å². The third-order valence-corrected chi connectivity index (χ3v) is 4.54. The van der Waals surface area contributed by atoms with Gasteiger partial charge in [-0.1, -0.05) is 0 Å². The van der Waals surface area contributed by atoms with Crippen molar-refractivity contribution in [3.8, 4) is 0 Å². The molecule has 0 radical (unpaired) electrons. The number of nitrogens with one attached hydrogen (secondary N) is 1. The van der Waals surface area contributed by atoms with Gasteiger partial charge in [-0.3, -0.25) is 9.48 Å². The van der Waals surface area contributed by atoms with Gasteiger partial charge in [-0.2, -0.15) is 18.3 Å². The highest BCUT2D eigenvalue weighted by Gasteiger charge is 2.30. The van der Waals surface area contributed by atoms with E-state index >= 15 is 0 Å². The molecule has 1 amide bonds. The molecule has 0 saturated heterocycles. The average molecular weight is 390 g/mol. The molecule has 2 heterocycles. The summed E-state index contributed by atoms with van der Waals surface area (Å²) in [6.45, 7) is 2.11. The van der Waals surface area contributed by atoms with E-state index in [1.807, 2.05) is 0 Å². The van der Waals surface area contributed by atoms with Gasteiger partial charge in [0.1, 0.15) is 6.54 Å². The SMILES string of the molecule is Cc1nn(CC(F)(F)F)c(C)c1CC(=O)NCCc1nc(C(=O)O)cs1. The van der Waals surface area contributed by atoms with Crippen molar-refractivity contribution in [3.05, 3.63) is 33.0 Å². The largest absolute Gasteiger partial charge is 0.476 e. The van der Waals surface area contributed by atoms with Gasteiger partial charge in [0.2, 0.25) is 5.91 Å². The van der Waals surface area contributed by atoms with Gasteiger partial charge in [0.25, 0.3) is 0 Å². The van der Waals surface area contributed by atoms with Gasteiger partial charge < -0.3 is 10.4 Å². The Morgan fingerprint density at radius 2 is 2.04 bits per heavy atom.